The first-order valence-electron chi connectivity index (χ1n) is 5.77. The molecule has 0 amide bonds. The Kier molecular flexibility index (Phi) is 2.59. The van der Waals surface area contributed by atoms with Crippen molar-refractivity contribution in [2.24, 2.45) is 0 Å². The smallest absolute Gasteiger partial charge is 0.196 e. The second kappa shape index (κ2) is 3.63. The molecule has 0 spiro atoms. The fourth-order valence-corrected chi connectivity index (χ4v) is 1.92. The standard InChI is InChI=1S/C12H20N2O/c1-8(2)11-13-10(7-15-11)12(5-6-12)14-9(3)4/h7-9,14H,5-6H2,1-4H3. The summed E-state index contributed by atoms with van der Waals surface area (Å²) in [5.41, 5.74) is 1.20. The van der Waals surface area contributed by atoms with Gasteiger partial charge < -0.3 is 9.73 Å². The molecule has 3 heteroatoms. The van der Waals surface area contributed by atoms with Crippen molar-refractivity contribution in [2.75, 3.05) is 0 Å². The Balaban J connectivity index is 2.15. The molecular formula is C12H20N2O. The lowest BCUT2D eigenvalue weighted by molar-refractivity contribution is 0.448. The van der Waals surface area contributed by atoms with Gasteiger partial charge in [-0.05, 0) is 26.7 Å². The van der Waals surface area contributed by atoms with E-state index in [0.717, 1.165) is 11.6 Å². The van der Waals surface area contributed by atoms with E-state index >= 15 is 0 Å². The summed E-state index contributed by atoms with van der Waals surface area (Å²) in [7, 11) is 0. The quantitative estimate of drug-likeness (QED) is 0.826. The first kappa shape index (κ1) is 10.7. The zero-order chi connectivity index (χ0) is 11.1. The third kappa shape index (κ3) is 2.07. The maximum absolute atomic E-state index is 5.48. The highest BCUT2D eigenvalue weighted by Crippen LogP contribution is 2.45. The number of oxazole rings is 1. The fourth-order valence-electron chi connectivity index (χ4n) is 1.92. The second-order valence-corrected chi connectivity index (χ2v) is 5.11. The molecule has 0 radical (unpaired) electrons. The monoisotopic (exact) mass is 208 g/mol. The maximum Gasteiger partial charge on any atom is 0.196 e. The van der Waals surface area contributed by atoms with Crippen molar-refractivity contribution in [1.82, 2.24) is 10.3 Å². The molecule has 0 aliphatic heterocycles. The predicted molar refractivity (Wildman–Crippen MR) is 59.8 cm³/mol. The molecule has 1 aliphatic rings. The van der Waals surface area contributed by atoms with Crippen LogP contribution in [-0.2, 0) is 5.54 Å². The maximum atomic E-state index is 5.48. The van der Waals surface area contributed by atoms with Crippen LogP contribution in [0.3, 0.4) is 0 Å². The average Bonchev–Trinajstić information content (AvgIpc) is 2.75. The minimum absolute atomic E-state index is 0.116. The molecule has 1 heterocycles. The summed E-state index contributed by atoms with van der Waals surface area (Å²) < 4.78 is 5.48. The van der Waals surface area contributed by atoms with Gasteiger partial charge in [-0.3, -0.25) is 0 Å². The molecule has 1 aromatic heterocycles. The van der Waals surface area contributed by atoms with Gasteiger partial charge >= 0.3 is 0 Å². The van der Waals surface area contributed by atoms with Gasteiger partial charge in [0, 0.05) is 12.0 Å². The minimum Gasteiger partial charge on any atom is -0.448 e. The number of rotatable bonds is 4. The van der Waals surface area contributed by atoms with Crippen LogP contribution >= 0.6 is 0 Å². The topological polar surface area (TPSA) is 38.1 Å². The van der Waals surface area contributed by atoms with Gasteiger partial charge in [-0.25, -0.2) is 4.98 Å². The third-order valence-electron chi connectivity index (χ3n) is 2.82. The van der Waals surface area contributed by atoms with E-state index < -0.39 is 0 Å². The van der Waals surface area contributed by atoms with Crippen LogP contribution in [0.2, 0.25) is 0 Å². The summed E-state index contributed by atoms with van der Waals surface area (Å²) in [5.74, 6) is 1.22. The Labute approximate surface area is 91.3 Å². The molecule has 0 aromatic carbocycles. The van der Waals surface area contributed by atoms with Gasteiger partial charge in [0.05, 0.1) is 11.2 Å². The van der Waals surface area contributed by atoms with Gasteiger partial charge in [-0.15, -0.1) is 0 Å². The van der Waals surface area contributed by atoms with Crippen LogP contribution in [0.4, 0.5) is 0 Å². The van der Waals surface area contributed by atoms with Crippen LogP contribution in [0.25, 0.3) is 0 Å². The lowest BCUT2D eigenvalue weighted by Gasteiger charge is -2.17. The molecule has 0 unspecified atom stereocenters. The third-order valence-corrected chi connectivity index (χ3v) is 2.82. The molecule has 15 heavy (non-hydrogen) atoms. The van der Waals surface area contributed by atoms with Crippen molar-refractivity contribution in [3.05, 3.63) is 17.8 Å². The predicted octanol–water partition coefficient (Wildman–Crippen LogP) is 2.79. The van der Waals surface area contributed by atoms with Crippen molar-refractivity contribution in [2.45, 2.75) is 58.0 Å². The molecule has 84 valence electrons. The number of nitrogens with one attached hydrogen (secondary N) is 1. The fraction of sp³-hybridized carbons (Fsp3) is 0.750. The molecule has 1 aromatic rings. The van der Waals surface area contributed by atoms with Gasteiger partial charge in [0.15, 0.2) is 5.89 Å². The Bertz CT molecular complexity index is 337. The van der Waals surface area contributed by atoms with Gasteiger partial charge in [-0.2, -0.15) is 0 Å². The molecule has 0 atom stereocenters. The summed E-state index contributed by atoms with van der Waals surface area (Å²) >= 11 is 0. The van der Waals surface area contributed by atoms with E-state index in [4.69, 9.17) is 4.42 Å². The summed E-state index contributed by atoms with van der Waals surface area (Å²) in [6.45, 7) is 8.54. The molecule has 1 saturated carbocycles. The first-order valence-corrected chi connectivity index (χ1v) is 5.77. The molecule has 1 aliphatic carbocycles. The summed E-state index contributed by atoms with van der Waals surface area (Å²) in [5, 5.41) is 3.58. The van der Waals surface area contributed by atoms with Crippen LogP contribution < -0.4 is 5.32 Å². The van der Waals surface area contributed by atoms with E-state index in [9.17, 15) is 0 Å². The Morgan fingerprint density at radius 3 is 2.40 bits per heavy atom. The van der Waals surface area contributed by atoms with Crippen molar-refractivity contribution >= 4 is 0 Å². The van der Waals surface area contributed by atoms with Crippen molar-refractivity contribution in [3.8, 4) is 0 Å². The van der Waals surface area contributed by atoms with Crippen molar-refractivity contribution < 1.29 is 4.42 Å². The SMILES string of the molecule is CC(C)NC1(c2coc(C(C)C)n2)CC1. The van der Waals surface area contributed by atoms with E-state index in [-0.39, 0.29) is 5.54 Å². The van der Waals surface area contributed by atoms with Gasteiger partial charge in [0.2, 0.25) is 0 Å². The second-order valence-electron chi connectivity index (χ2n) is 5.11. The molecule has 0 bridgehead atoms. The molecule has 1 fully saturated rings. The van der Waals surface area contributed by atoms with Crippen LogP contribution in [0, 0.1) is 0 Å². The number of nitrogens with zero attached hydrogens (tertiary/aromatic N) is 1. The summed E-state index contributed by atoms with van der Waals surface area (Å²) in [6, 6.07) is 0.492. The largest absolute Gasteiger partial charge is 0.448 e. The lowest BCUT2D eigenvalue weighted by atomic mass is 10.1. The van der Waals surface area contributed by atoms with E-state index in [2.05, 4.69) is 38.0 Å². The zero-order valence-corrected chi connectivity index (χ0v) is 10.0. The van der Waals surface area contributed by atoms with Crippen LogP contribution in [-0.4, -0.2) is 11.0 Å². The highest BCUT2D eigenvalue weighted by atomic mass is 16.3. The Hall–Kier alpha value is -0.830. The van der Waals surface area contributed by atoms with E-state index in [0.29, 0.717) is 12.0 Å². The summed E-state index contributed by atoms with van der Waals surface area (Å²) in [4.78, 5) is 4.57. The average molecular weight is 208 g/mol. The lowest BCUT2D eigenvalue weighted by Crippen LogP contribution is -2.34. The van der Waals surface area contributed by atoms with Gasteiger partial charge in [-0.1, -0.05) is 13.8 Å². The first-order chi connectivity index (χ1) is 7.03. The number of hydrogen-bond donors (Lipinski definition) is 1. The Morgan fingerprint density at radius 1 is 1.33 bits per heavy atom. The minimum atomic E-state index is 0.116. The highest BCUT2D eigenvalue weighted by Gasteiger charge is 2.47. The Morgan fingerprint density at radius 2 is 2.00 bits per heavy atom. The molecular weight excluding hydrogens is 188 g/mol. The van der Waals surface area contributed by atoms with Crippen molar-refractivity contribution in [3.63, 3.8) is 0 Å². The van der Waals surface area contributed by atoms with Gasteiger partial charge in [0.25, 0.3) is 0 Å². The van der Waals surface area contributed by atoms with E-state index in [1.54, 1.807) is 0 Å². The zero-order valence-electron chi connectivity index (χ0n) is 10.0. The molecule has 3 nitrogen and oxygen atoms in total. The molecule has 2 rings (SSSR count). The van der Waals surface area contributed by atoms with Gasteiger partial charge in [0.1, 0.15) is 6.26 Å². The van der Waals surface area contributed by atoms with Crippen LogP contribution in [0.5, 0.6) is 0 Å². The van der Waals surface area contributed by atoms with E-state index in [1.165, 1.54) is 12.8 Å². The van der Waals surface area contributed by atoms with Crippen LogP contribution in [0.1, 0.15) is 58.0 Å². The van der Waals surface area contributed by atoms with Crippen molar-refractivity contribution in [1.29, 1.82) is 0 Å². The number of aromatic nitrogens is 1. The summed E-state index contributed by atoms with van der Waals surface area (Å²) in [6.07, 6.45) is 4.17. The van der Waals surface area contributed by atoms with E-state index in [1.807, 2.05) is 6.26 Å². The molecule has 1 N–H and O–H groups in total. The molecule has 0 saturated heterocycles. The normalized spacial score (nSPS) is 18.8. The van der Waals surface area contributed by atoms with Crippen LogP contribution in [0.15, 0.2) is 10.7 Å². The highest BCUT2D eigenvalue weighted by molar-refractivity contribution is 5.21. The number of hydrogen-bond acceptors (Lipinski definition) is 3.